The van der Waals surface area contributed by atoms with Crippen LogP contribution in [-0.2, 0) is 9.59 Å². The van der Waals surface area contributed by atoms with Gasteiger partial charge in [0.25, 0.3) is 5.91 Å². The van der Waals surface area contributed by atoms with Crippen LogP contribution in [0.2, 0.25) is 0 Å². The van der Waals surface area contributed by atoms with E-state index in [1.165, 1.54) is 103 Å². The van der Waals surface area contributed by atoms with Crippen molar-refractivity contribution in [3.63, 3.8) is 0 Å². The number of rotatable bonds is 24. The highest BCUT2D eigenvalue weighted by Crippen LogP contribution is 2.11. The number of carbonyl (C=O) groups is 2. The molecule has 0 saturated carbocycles. The van der Waals surface area contributed by atoms with Crippen LogP contribution in [0.15, 0.2) is 24.6 Å². The third-order valence-corrected chi connectivity index (χ3v) is 6.47. The van der Waals surface area contributed by atoms with E-state index < -0.39 is 36.3 Å². The minimum Gasteiger partial charge on any atom is -0.547 e. The van der Waals surface area contributed by atoms with Crippen molar-refractivity contribution < 1.29 is 40.9 Å². The van der Waals surface area contributed by atoms with Crippen molar-refractivity contribution in [2.45, 2.75) is 154 Å². The van der Waals surface area contributed by atoms with Gasteiger partial charge in [0.05, 0.1) is 12.2 Å². The van der Waals surface area contributed by atoms with Crippen LogP contribution < -0.4 is 16.2 Å². The fraction of sp³-hybridized carbons (Fsp3) is 0.800. The fourth-order valence-corrected chi connectivity index (χ4v) is 3.89. The molecule has 1 amide bonds. The average Bonchev–Trinajstić information content (AvgIpc) is 2.93. The van der Waals surface area contributed by atoms with Crippen molar-refractivity contribution in [1.82, 2.24) is 5.32 Å². The molecule has 0 aliphatic rings. The monoisotopic (exact) mass is 558 g/mol. The van der Waals surface area contributed by atoms with Gasteiger partial charge >= 0.3 is 0 Å². The Morgan fingerprint density at radius 3 is 1.46 bits per heavy atom. The number of unbranched alkanes of at least 4 members (excludes halogenated alkanes) is 16. The van der Waals surface area contributed by atoms with Crippen LogP contribution in [0.1, 0.15) is 129 Å². The first-order valence-corrected chi connectivity index (χ1v) is 15.1. The highest BCUT2D eigenvalue weighted by molar-refractivity contribution is 5.82. The fourth-order valence-electron chi connectivity index (χ4n) is 3.89. The molecule has 0 radical (unpaired) electrons. The highest BCUT2D eigenvalue weighted by Gasteiger charge is 2.34. The number of carboxylic acid groups (broad SMARTS) is 1. The lowest BCUT2D eigenvalue weighted by Crippen LogP contribution is -2.54. The molecular weight excluding hydrogens is 500 g/mol. The molecule has 0 aromatic carbocycles. The Balaban J connectivity index is 0. The van der Waals surface area contributed by atoms with Crippen molar-refractivity contribution in [3.8, 4) is 0 Å². The molecule has 0 bridgehead atoms. The molecule has 9 nitrogen and oxygen atoms in total. The van der Waals surface area contributed by atoms with Crippen LogP contribution in [0.5, 0.6) is 0 Å². The number of carboxylic acids is 1. The number of aliphatic hydroxyl groups is 4. The number of aliphatic hydroxyl groups excluding tert-OH is 4. The molecule has 0 spiro atoms. The van der Waals surface area contributed by atoms with Crippen molar-refractivity contribution in [2.24, 2.45) is 0 Å². The van der Waals surface area contributed by atoms with Gasteiger partial charge in [0.2, 0.25) is 0 Å². The predicted molar refractivity (Wildman–Crippen MR) is 153 cm³/mol. The molecule has 0 aromatic rings. The van der Waals surface area contributed by atoms with Gasteiger partial charge in [-0.1, -0.05) is 110 Å². The molecule has 39 heavy (non-hydrogen) atoms. The minimum atomic E-state index is -2.41. The molecule has 0 fully saturated rings. The number of carbonyl (C=O) groups excluding carboxylic acids is 2. The molecule has 0 aromatic heterocycles. The minimum absolute atomic E-state index is 0.750. The summed E-state index contributed by atoms with van der Waals surface area (Å²) in [4.78, 5) is 22.0. The molecule has 8 N–H and O–H groups in total. The summed E-state index contributed by atoms with van der Waals surface area (Å²) < 4.78 is 0. The van der Waals surface area contributed by atoms with Crippen LogP contribution in [0.4, 0.5) is 0 Å². The molecule has 9 heteroatoms. The van der Waals surface area contributed by atoms with E-state index in [1.54, 1.807) is 6.08 Å². The summed E-state index contributed by atoms with van der Waals surface area (Å²) in [6.45, 7) is 4.45. The zero-order valence-electron chi connectivity index (χ0n) is 24.6. The Kier molecular flexibility index (Phi) is 29.5. The van der Waals surface area contributed by atoms with E-state index in [1.807, 2.05) is 6.20 Å². The number of amides is 1. The van der Waals surface area contributed by atoms with Gasteiger partial charge in [0.1, 0.15) is 18.3 Å². The Hall–Kier alpha value is -1.78. The third kappa shape index (κ3) is 25.0. The Morgan fingerprint density at radius 1 is 0.667 bits per heavy atom. The maximum absolute atomic E-state index is 11.6. The largest absolute Gasteiger partial charge is 0.547 e. The predicted octanol–water partition coefficient (Wildman–Crippen LogP) is 2.61. The summed E-state index contributed by atoms with van der Waals surface area (Å²) in [6, 6.07) is 0. The van der Waals surface area contributed by atoms with Gasteiger partial charge in [-0.2, -0.15) is 0 Å². The van der Waals surface area contributed by atoms with E-state index >= 15 is 0 Å². The van der Waals surface area contributed by atoms with E-state index in [0.717, 1.165) is 19.3 Å². The van der Waals surface area contributed by atoms with Gasteiger partial charge in [0, 0.05) is 0 Å². The molecule has 230 valence electrons. The summed E-state index contributed by atoms with van der Waals surface area (Å²) in [5.74, 6) is -3.04. The molecule has 0 unspecified atom stereocenters. The number of allylic oxidation sites excluding steroid dienone is 2. The SMILES string of the molecule is CCCCCCCCCCC=CNC(=O)[C@@H](O)[C@H](O)[C@@H](O)[C@@H](O)C(=O)[O-].CCCCCCCCCCC=C[NH3+]. The summed E-state index contributed by atoms with van der Waals surface area (Å²) >= 11 is 0. The van der Waals surface area contributed by atoms with Crippen LogP contribution in [0.25, 0.3) is 0 Å². The topological polar surface area (TPSA) is 178 Å². The lowest BCUT2D eigenvalue weighted by atomic mass is 10.0. The van der Waals surface area contributed by atoms with E-state index in [-0.39, 0.29) is 0 Å². The molecule has 0 aliphatic heterocycles. The number of hydrogen-bond acceptors (Lipinski definition) is 7. The molecule has 0 saturated heterocycles. The van der Waals surface area contributed by atoms with Crippen molar-refractivity contribution in [3.05, 3.63) is 24.6 Å². The molecule has 0 heterocycles. The van der Waals surface area contributed by atoms with Gasteiger partial charge in [-0.3, -0.25) is 4.79 Å². The Labute approximate surface area is 236 Å². The van der Waals surface area contributed by atoms with Crippen molar-refractivity contribution in [2.75, 3.05) is 0 Å². The maximum Gasteiger partial charge on any atom is 0.255 e. The first-order valence-electron chi connectivity index (χ1n) is 15.1. The second-order valence-electron chi connectivity index (χ2n) is 10.1. The second kappa shape index (κ2) is 29.2. The van der Waals surface area contributed by atoms with E-state index in [2.05, 4.69) is 31.0 Å². The quantitative estimate of drug-likeness (QED) is 0.0986. The van der Waals surface area contributed by atoms with Gasteiger partial charge in [0.15, 0.2) is 6.10 Å². The Bertz CT molecular complexity index is 628. The number of hydrogen-bond donors (Lipinski definition) is 6. The van der Waals surface area contributed by atoms with Crippen LogP contribution in [-0.4, -0.2) is 56.7 Å². The first-order chi connectivity index (χ1) is 18.7. The maximum atomic E-state index is 11.6. The standard InChI is InChI=1S/C18H33NO7.C12H25N/c1-2-3-4-5-6-7-8-9-10-11-12-19-17(24)15(22)13(20)14(21)16(23)18(25)26;1-2-3-4-5-6-7-8-9-10-11-12-13/h11-16,20-23H,2-10H2,1H3,(H,19,24)(H,25,26);11-12H,2-10,13H2,1H3/t13-,14-,15+,16-;/m1./s1. The number of nitrogens with one attached hydrogen (secondary N) is 1. The van der Waals surface area contributed by atoms with Gasteiger partial charge in [-0.05, 0) is 38.0 Å². The number of aliphatic carboxylic acids is 1. The molecule has 4 atom stereocenters. The summed E-state index contributed by atoms with van der Waals surface area (Å²) in [5.41, 5.74) is 3.67. The van der Waals surface area contributed by atoms with Gasteiger partial charge in [-0.15, -0.1) is 0 Å². The van der Waals surface area contributed by atoms with E-state index in [0.29, 0.717) is 0 Å². The van der Waals surface area contributed by atoms with Crippen molar-refractivity contribution in [1.29, 1.82) is 0 Å². The molecule has 0 aliphatic carbocycles. The Morgan fingerprint density at radius 2 is 1.05 bits per heavy atom. The smallest absolute Gasteiger partial charge is 0.255 e. The first kappa shape index (κ1) is 39.4. The normalized spacial score (nSPS) is 14.5. The zero-order chi connectivity index (χ0) is 29.7. The molecule has 0 rings (SSSR count). The third-order valence-electron chi connectivity index (χ3n) is 6.47. The van der Waals surface area contributed by atoms with Crippen LogP contribution >= 0.6 is 0 Å². The van der Waals surface area contributed by atoms with E-state index in [9.17, 15) is 30.0 Å². The van der Waals surface area contributed by atoms with Crippen LogP contribution in [0.3, 0.4) is 0 Å². The summed E-state index contributed by atoms with van der Waals surface area (Å²) in [6.07, 6.45) is 21.0. The lowest BCUT2D eigenvalue weighted by molar-refractivity contribution is -0.320. The zero-order valence-corrected chi connectivity index (χ0v) is 24.6. The van der Waals surface area contributed by atoms with Crippen molar-refractivity contribution >= 4 is 11.9 Å². The average molecular weight is 559 g/mol. The lowest BCUT2D eigenvalue weighted by Gasteiger charge is -2.25. The van der Waals surface area contributed by atoms with E-state index in [4.69, 9.17) is 5.11 Å². The van der Waals surface area contributed by atoms with Gasteiger partial charge < -0.3 is 41.4 Å². The van der Waals surface area contributed by atoms with Crippen LogP contribution in [0, 0.1) is 0 Å². The summed E-state index contributed by atoms with van der Waals surface area (Å²) in [7, 11) is 0. The van der Waals surface area contributed by atoms with Gasteiger partial charge in [-0.25, -0.2) is 0 Å². The molecular formula is C30H58N2O7. The number of quaternary nitrogens is 1. The second-order valence-corrected chi connectivity index (χ2v) is 10.1. The highest BCUT2D eigenvalue weighted by atomic mass is 16.4. The summed E-state index contributed by atoms with van der Waals surface area (Å²) in [5, 5.41) is 50.1.